The van der Waals surface area contributed by atoms with Crippen molar-refractivity contribution in [2.75, 3.05) is 24.2 Å². The van der Waals surface area contributed by atoms with Gasteiger partial charge in [-0.2, -0.15) is 0 Å². The van der Waals surface area contributed by atoms with E-state index in [2.05, 4.69) is 16.6 Å². The maximum Gasteiger partial charge on any atom is 0.255 e. The quantitative estimate of drug-likeness (QED) is 0.228. The highest BCUT2D eigenvalue weighted by Crippen LogP contribution is 2.41. The van der Waals surface area contributed by atoms with Crippen LogP contribution in [0.25, 0.3) is 33.4 Å². The lowest BCUT2D eigenvalue weighted by Gasteiger charge is -2.33. The number of amides is 2. The van der Waals surface area contributed by atoms with Crippen LogP contribution in [0.15, 0.2) is 65.1 Å². The van der Waals surface area contributed by atoms with Gasteiger partial charge in [-0.25, -0.2) is 8.60 Å². The summed E-state index contributed by atoms with van der Waals surface area (Å²) in [6, 6.07) is 16.5. The van der Waals surface area contributed by atoms with Crippen molar-refractivity contribution in [1.29, 1.82) is 0 Å². The van der Waals surface area contributed by atoms with Gasteiger partial charge in [-0.1, -0.05) is 37.3 Å². The zero-order valence-corrected chi connectivity index (χ0v) is 25.3. The number of carbonyl (C=O) groups is 2. The molecule has 5 rings (SSSR count). The Morgan fingerprint density at radius 1 is 1.05 bits per heavy atom. The topological polar surface area (TPSA) is 91.7 Å². The van der Waals surface area contributed by atoms with Gasteiger partial charge < -0.3 is 15.1 Å². The number of carbonyl (C=O) groups excluding carboxylic acids is 2. The Labute approximate surface area is 253 Å². The van der Waals surface area contributed by atoms with Crippen molar-refractivity contribution in [2.45, 2.75) is 44.6 Å². The molecule has 222 valence electrons. The Bertz CT molecular complexity index is 1750. The summed E-state index contributed by atoms with van der Waals surface area (Å²) in [5.74, 6) is 2.08. The Balaban J connectivity index is 1.68. The monoisotopic (exact) mass is 599 g/mol. The molecule has 1 aliphatic rings. The number of furan rings is 1. The summed E-state index contributed by atoms with van der Waals surface area (Å²) in [6.07, 6.45) is 12.0. The van der Waals surface area contributed by atoms with E-state index in [1.165, 1.54) is 19.2 Å². The number of halogens is 1. The van der Waals surface area contributed by atoms with Gasteiger partial charge in [0.1, 0.15) is 33.7 Å². The fourth-order valence-corrected chi connectivity index (χ4v) is 6.59. The minimum Gasteiger partial charge on any atom is -0.455 e. The van der Waals surface area contributed by atoms with Crippen molar-refractivity contribution in [1.82, 2.24) is 10.6 Å². The second kappa shape index (κ2) is 12.4. The number of hydrogen-bond donors (Lipinski definition) is 2. The lowest BCUT2D eigenvalue weighted by atomic mass is 9.82. The van der Waals surface area contributed by atoms with Crippen molar-refractivity contribution < 1.29 is 22.6 Å². The molecule has 2 N–H and O–H groups in total. The number of anilines is 1. The number of nitrogens with one attached hydrogen (secondary N) is 2. The van der Waals surface area contributed by atoms with E-state index in [1.54, 1.807) is 47.0 Å². The molecule has 0 bridgehead atoms. The SMILES string of the molecule is C#CC1(NC(=O)c2cccc(-c3cc4c(C(=O)NC)c(-c5ccc(F)cc5)oc4cc3N(CC)S(C)=O)c2)CCCCC1. The normalized spacial score (nSPS) is 15.0. The van der Waals surface area contributed by atoms with Gasteiger partial charge in [-0.05, 0) is 67.8 Å². The molecular formula is C34H34FN3O4S. The van der Waals surface area contributed by atoms with E-state index in [-0.39, 0.29) is 11.8 Å². The molecule has 0 saturated heterocycles. The first-order chi connectivity index (χ1) is 20.7. The smallest absolute Gasteiger partial charge is 0.255 e. The van der Waals surface area contributed by atoms with Crippen LogP contribution in [0.1, 0.15) is 59.7 Å². The molecule has 1 heterocycles. The molecule has 0 aliphatic heterocycles. The largest absolute Gasteiger partial charge is 0.455 e. The van der Waals surface area contributed by atoms with E-state index in [4.69, 9.17) is 10.8 Å². The maximum absolute atomic E-state index is 13.7. The van der Waals surface area contributed by atoms with Crippen LogP contribution in [0, 0.1) is 18.2 Å². The number of fused-ring (bicyclic) bond motifs is 1. The number of hydrogen-bond acceptors (Lipinski definition) is 4. The third-order valence-electron chi connectivity index (χ3n) is 8.01. The van der Waals surface area contributed by atoms with Crippen LogP contribution >= 0.6 is 0 Å². The van der Waals surface area contributed by atoms with E-state index < -0.39 is 22.3 Å². The van der Waals surface area contributed by atoms with Crippen LogP contribution in [0.4, 0.5) is 10.1 Å². The molecule has 1 atom stereocenters. The summed E-state index contributed by atoms with van der Waals surface area (Å²) in [6.45, 7) is 2.32. The third kappa shape index (κ3) is 5.93. The molecule has 0 radical (unpaired) electrons. The molecule has 4 aromatic rings. The molecule has 1 unspecified atom stereocenters. The number of nitrogens with zero attached hydrogens (tertiary/aromatic N) is 1. The molecule has 2 amide bonds. The number of terminal acetylenes is 1. The summed E-state index contributed by atoms with van der Waals surface area (Å²) < 4.78 is 34.5. The van der Waals surface area contributed by atoms with Gasteiger partial charge in [0.15, 0.2) is 0 Å². The third-order valence-corrected chi connectivity index (χ3v) is 9.08. The first kappa shape index (κ1) is 30.1. The molecule has 0 spiro atoms. The molecular weight excluding hydrogens is 565 g/mol. The Hall–Kier alpha value is -4.42. The average Bonchev–Trinajstić information content (AvgIpc) is 3.39. The standard InChI is InChI=1S/C34H34FN3O4S/c1-5-34(17-8-7-9-18-34)37-32(39)24-12-10-11-23(19-24)26-20-27-29(21-28(26)38(6-2)43(4)41)42-31(30(27)33(40)36-3)22-13-15-25(35)16-14-22/h1,10-16,19-21H,6-9,17-18H2,2-4H3,(H,36,40)(H,37,39). The van der Waals surface area contributed by atoms with E-state index in [1.807, 2.05) is 19.1 Å². The zero-order chi connectivity index (χ0) is 30.7. The Morgan fingerprint density at radius 3 is 2.40 bits per heavy atom. The second-order valence-corrected chi connectivity index (χ2v) is 12.0. The van der Waals surface area contributed by atoms with Gasteiger partial charge in [0.2, 0.25) is 0 Å². The number of benzene rings is 3. The summed E-state index contributed by atoms with van der Waals surface area (Å²) in [5, 5.41) is 6.31. The zero-order valence-electron chi connectivity index (χ0n) is 24.5. The molecule has 7 nitrogen and oxygen atoms in total. The van der Waals surface area contributed by atoms with Crippen molar-refractivity contribution in [2.24, 2.45) is 0 Å². The van der Waals surface area contributed by atoms with Gasteiger partial charge in [-0.15, -0.1) is 6.42 Å². The minimum absolute atomic E-state index is 0.260. The van der Waals surface area contributed by atoms with Crippen LogP contribution in [-0.2, 0) is 11.0 Å². The van der Waals surface area contributed by atoms with E-state index in [0.29, 0.717) is 56.8 Å². The molecule has 1 aromatic heterocycles. The molecule has 9 heteroatoms. The molecule has 1 aliphatic carbocycles. The van der Waals surface area contributed by atoms with Gasteiger partial charge in [0.25, 0.3) is 11.8 Å². The summed E-state index contributed by atoms with van der Waals surface area (Å²) in [5.41, 5.74) is 2.99. The lowest BCUT2D eigenvalue weighted by Crippen LogP contribution is -2.48. The van der Waals surface area contributed by atoms with Crippen molar-refractivity contribution in [3.05, 3.63) is 77.6 Å². The molecule has 1 saturated carbocycles. The van der Waals surface area contributed by atoms with Gasteiger partial charge in [0.05, 0.1) is 11.3 Å². The highest BCUT2D eigenvalue weighted by molar-refractivity contribution is 7.85. The fraction of sp³-hybridized carbons (Fsp3) is 0.294. The minimum atomic E-state index is -1.39. The fourth-order valence-electron chi connectivity index (χ4n) is 5.79. The van der Waals surface area contributed by atoms with Gasteiger partial charge in [-0.3, -0.25) is 13.9 Å². The first-order valence-electron chi connectivity index (χ1n) is 14.3. The maximum atomic E-state index is 13.7. The summed E-state index contributed by atoms with van der Waals surface area (Å²) >= 11 is 0. The highest BCUT2D eigenvalue weighted by Gasteiger charge is 2.32. The molecule has 43 heavy (non-hydrogen) atoms. The van der Waals surface area contributed by atoms with Gasteiger partial charge in [0, 0.05) is 48.0 Å². The average molecular weight is 600 g/mol. The second-order valence-electron chi connectivity index (χ2n) is 10.7. The van der Waals surface area contributed by atoms with Crippen LogP contribution in [0.5, 0.6) is 0 Å². The predicted molar refractivity (Wildman–Crippen MR) is 170 cm³/mol. The number of rotatable bonds is 8. The van der Waals surface area contributed by atoms with E-state index >= 15 is 0 Å². The highest BCUT2D eigenvalue weighted by atomic mass is 32.2. The van der Waals surface area contributed by atoms with Crippen molar-refractivity contribution >= 4 is 39.5 Å². The summed E-state index contributed by atoms with van der Waals surface area (Å²) in [7, 11) is 0.143. The molecule has 1 fully saturated rings. The van der Waals surface area contributed by atoms with Crippen LogP contribution in [0.3, 0.4) is 0 Å². The summed E-state index contributed by atoms with van der Waals surface area (Å²) in [4.78, 5) is 26.7. The van der Waals surface area contributed by atoms with Crippen LogP contribution < -0.4 is 14.9 Å². The van der Waals surface area contributed by atoms with Crippen LogP contribution in [0.2, 0.25) is 0 Å². The Morgan fingerprint density at radius 2 is 1.77 bits per heavy atom. The van der Waals surface area contributed by atoms with Crippen molar-refractivity contribution in [3.8, 4) is 34.8 Å². The Kier molecular flexibility index (Phi) is 8.69. The first-order valence-corrected chi connectivity index (χ1v) is 15.8. The van der Waals surface area contributed by atoms with Gasteiger partial charge >= 0.3 is 0 Å². The van der Waals surface area contributed by atoms with E-state index in [9.17, 15) is 18.2 Å². The van der Waals surface area contributed by atoms with E-state index in [0.717, 1.165) is 32.1 Å². The predicted octanol–water partition coefficient (Wildman–Crippen LogP) is 6.45. The van der Waals surface area contributed by atoms with Crippen molar-refractivity contribution in [3.63, 3.8) is 0 Å². The van der Waals surface area contributed by atoms with Crippen LogP contribution in [-0.4, -0.2) is 41.4 Å². The molecule has 3 aromatic carbocycles. The lowest BCUT2D eigenvalue weighted by molar-refractivity contribution is 0.0902.